The number of halogens is 4. The van der Waals surface area contributed by atoms with Gasteiger partial charge in [-0.2, -0.15) is 13.2 Å². The Morgan fingerprint density at radius 1 is 1.29 bits per heavy atom. The summed E-state index contributed by atoms with van der Waals surface area (Å²) >= 11 is 0. The van der Waals surface area contributed by atoms with Gasteiger partial charge in [0.1, 0.15) is 11.6 Å². The first-order chi connectivity index (χ1) is 6.36. The Bertz CT molecular complexity index is 348. The summed E-state index contributed by atoms with van der Waals surface area (Å²) < 4.78 is 53.8. The first-order valence-corrected chi connectivity index (χ1v) is 3.56. The van der Waals surface area contributed by atoms with Gasteiger partial charge in [0.2, 0.25) is 0 Å². The van der Waals surface area contributed by atoms with Crippen molar-refractivity contribution >= 4 is 5.69 Å². The molecule has 0 saturated heterocycles. The van der Waals surface area contributed by atoms with Crippen LogP contribution in [-0.4, -0.2) is 7.11 Å². The van der Waals surface area contributed by atoms with Crippen LogP contribution in [0.3, 0.4) is 0 Å². The first kappa shape index (κ1) is 10.6. The molecular weight excluding hydrogens is 202 g/mol. The molecule has 0 aromatic heterocycles. The standard InChI is InChI=1S/C8H7F4NO/c1-14-7-2-4(8(10,11)12)5(9)3-6(7)13/h2-3H,13H2,1H3. The number of anilines is 1. The highest BCUT2D eigenvalue weighted by Gasteiger charge is 2.35. The molecule has 0 amide bonds. The number of nitrogen functional groups attached to an aromatic ring is 1. The number of alkyl halides is 3. The monoisotopic (exact) mass is 209 g/mol. The quantitative estimate of drug-likeness (QED) is 0.569. The van der Waals surface area contributed by atoms with Crippen LogP contribution in [0.2, 0.25) is 0 Å². The molecule has 0 bridgehead atoms. The molecule has 0 saturated carbocycles. The van der Waals surface area contributed by atoms with Crippen LogP contribution in [0.4, 0.5) is 23.2 Å². The van der Waals surface area contributed by atoms with E-state index in [9.17, 15) is 17.6 Å². The summed E-state index contributed by atoms with van der Waals surface area (Å²) in [5.41, 5.74) is 3.66. The second-order valence-electron chi connectivity index (χ2n) is 2.57. The van der Waals surface area contributed by atoms with Crippen LogP contribution in [-0.2, 0) is 6.18 Å². The Labute approximate surface area is 77.3 Å². The summed E-state index contributed by atoms with van der Waals surface area (Å²) in [6.45, 7) is 0. The Morgan fingerprint density at radius 2 is 1.86 bits per heavy atom. The van der Waals surface area contributed by atoms with E-state index < -0.39 is 17.6 Å². The van der Waals surface area contributed by atoms with Crippen LogP contribution < -0.4 is 10.5 Å². The molecule has 1 aromatic rings. The number of hydrogen-bond acceptors (Lipinski definition) is 2. The SMILES string of the molecule is COc1cc(C(F)(F)F)c(F)cc1N. The van der Waals surface area contributed by atoms with Gasteiger partial charge in [0.15, 0.2) is 0 Å². The van der Waals surface area contributed by atoms with E-state index in [1.807, 2.05) is 0 Å². The molecule has 0 spiro atoms. The first-order valence-electron chi connectivity index (χ1n) is 3.56. The van der Waals surface area contributed by atoms with E-state index in [0.717, 1.165) is 7.11 Å². The molecular formula is C8H7F4NO. The summed E-state index contributed by atoms with van der Waals surface area (Å²) in [6, 6.07) is 1.12. The Kier molecular flexibility index (Phi) is 2.55. The van der Waals surface area contributed by atoms with Crippen molar-refractivity contribution in [1.29, 1.82) is 0 Å². The summed E-state index contributed by atoms with van der Waals surface area (Å²) in [5.74, 6) is -1.60. The maximum Gasteiger partial charge on any atom is 0.419 e. The summed E-state index contributed by atoms with van der Waals surface area (Å²) in [6.07, 6.45) is -4.74. The molecule has 0 heterocycles. The van der Waals surface area contributed by atoms with Crippen LogP contribution >= 0.6 is 0 Å². The molecule has 78 valence electrons. The van der Waals surface area contributed by atoms with Crippen molar-refractivity contribution in [2.24, 2.45) is 0 Å². The minimum absolute atomic E-state index is 0.169. The van der Waals surface area contributed by atoms with E-state index in [0.29, 0.717) is 12.1 Å². The Morgan fingerprint density at radius 3 is 2.29 bits per heavy atom. The van der Waals surface area contributed by atoms with E-state index in [2.05, 4.69) is 4.74 Å². The van der Waals surface area contributed by atoms with Crippen molar-refractivity contribution in [2.45, 2.75) is 6.18 Å². The minimum atomic E-state index is -4.74. The number of nitrogens with two attached hydrogens (primary N) is 1. The lowest BCUT2D eigenvalue weighted by Gasteiger charge is -2.11. The van der Waals surface area contributed by atoms with Crippen LogP contribution in [0.1, 0.15) is 5.56 Å². The third-order valence-electron chi connectivity index (χ3n) is 1.62. The molecule has 0 aliphatic heterocycles. The van der Waals surface area contributed by atoms with Crippen molar-refractivity contribution in [3.05, 3.63) is 23.5 Å². The average molecular weight is 209 g/mol. The molecule has 0 aliphatic rings. The zero-order valence-electron chi connectivity index (χ0n) is 7.15. The van der Waals surface area contributed by atoms with Crippen molar-refractivity contribution in [3.8, 4) is 5.75 Å². The minimum Gasteiger partial charge on any atom is -0.495 e. The molecule has 1 rings (SSSR count). The fourth-order valence-corrected chi connectivity index (χ4v) is 0.963. The number of rotatable bonds is 1. The molecule has 1 aromatic carbocycles. The summed E-state index contributed by atoms with van der Waals surface area (Å²) in [7, 11) is 1.16. The van der Waals surface area contributed by atoms with Crippen LogP contribution in [0.25, 0.3) is 0 Å². The largest absolute Gasteiger partial charge is 0.495 e. The third kappa shape index (κ3) is 1.89. The topological polar surface area (TPSA) is 35.2 Å². The highest BCUT2D eigenvalue weighted by atomic mass is 19.4. The van der Waals surface area contributed by atoms with E-state index in [-0.39, 0.29) is 11.4 Å². The molecule has 0 aliphatic carbocycles. The van der Waals surface area contributed by atoms with Gasteiger partial charge in [0.05, 0.1) is 18.4 Å². The fraction of sp³-hybridized carbons (Fsp3) is 0.250. The van der Waals surface area contributed by atoms with Gasteiger partial charge in [0, 0.05) is 6.07 Å². The number of ether oxygens (including phenoxy) is 1. The maximum absolute atomic E-state index is 12.8. The second kappa shape index (κ2) is 3.36. The highest BCUT2D eigenvalue weighted by Crippen LogP contribution is 2.36. The molecule has 0 fully saturated rings. The molecule has 2 nitrogen and oxygen atoms in total. The number of benzene rings is 1. The smallest absolute Gasteiger partial charge is 0.419 e. The summed E-state index contributed by atoms with van der Waals surface area (Å²) in [4.78, 5) is 0. The molecule has 0 unspecified atom stereocenters. The third-order valence-corrected chi connectivity index (χ3v) is 1.62. The van der Waals surface area contributed by atoms with E-state index in [1.54, 1.807) is 0 Å². The van der Waals surface area contributed by atoms with Gasteiger partial charge in [-0.15, -0.1) is 0 Å². The molecule has 2 N–H and O–H groups in total. The zero-order chi connectivity index (χ0) is 10.9. The summed E-state index contributed by atoms with van der Waals surface area (Å²) in [5, 5.41) is 0. The normalized spacial score (nSPS) is 11.5. The van der Waals surface area contributed by atoms with Gasteiger partial charge >= 0.3 is 6.18 Å². The van der Waals surface area contributed by atoms with Gasteiger partial charge in [-0.05, 0) is 6.07 Å². The van der Waals surface area contributed by atoms with Crippen LogP contribution in [0.15, 0.2) is 12.1 Å². The van der Waals surface area contributed by atoms with Gasteiger partial charge < -0.3 is 10.5 Å². The lowest BCUT2D eigenvalue weighted by molar-refractivity contribution is -0.140. The molecule has 0 radical (unpaired) electrons. The van der Waals surface area contributed by atoms with Gasteiger partial charge in [-0.3, -0.25) is 0 Å². The van der Waals surface area contributed by atoms with Crippen molar-refractivity contribution in [1.82, 2.24) is 0 Å². The lowest BCUT2D eigenvalue weighted by atomic mass is 10.1. The van der Waals surface area contributed by atoms with Crippen molar-refractivity contribution in [2.75, 3.05) is 12.8 Å². The lowest BCUT2D eigenvalue weighted by Crippen LogP contribution is -2.09. The van der Waals surface area contributed by atoms with Gasteiger partial charge in [-0.1, -0.05) is 0 Å². The molecule has 14 heavy (non-hydrogen) atoms. The van der Waals surface area contributed by atoms with Gasteiger partial charge in [0.25, 0.3) is 0 Å². The molecule has 0 atom stereocenters. The van der Waals surface area contributed by atoms with E-state index in [4.69, 9.17) is 5.73 Å². The highest BCUT2D eigenvalue weighted by molar-refractivity contribution is 5.54. The maximum atomic E-state index is 12.8. The second-order valence-corrected chi connectivity index (χ2v) is 2.57. The van der Waals surface area contributed by atoms with Gasteiger partial charge in [-0.25, -0.2) is 4.39 Å². The molecule has 6 heteroatoms. The van der Waals surface area contributed by atoms with Crippen LogP contribution in [0.5, 0.6) is 5.75 Å². The van der Waals surface area contributed by atoms with Crippen molar-refractivity contribution < 1.29 is 22.3 Å². The average Bonchev–Trinajstić information content (AvgIpc) is 2.02. The number of hydrogen-bond donors (Lipinski definition) is 1. The zero-order valence-corrected chi connectivity index (χ0v) is 7.15. The Balaban J connectivity index is 3.32. The fourth-order valence-electron chi connectivity index (χ4n) is 0.963. The van der Waals surface area contributed by atoms with E-state index >= 15 is 0 Å². The number of methoxy groups -OCH3 is 1. The van der Waals surface area contributed by atoms with E-state index in [1.165, 1.54) is 0 Å². The van der Waals surface area contributed by atoms with Crippen LogP contribution in [0, 0.1) is 5.82 Å². The predicted molar refractivity (Wildman–Crippen MR) is 42.4 cm³/mol. The van der Waals surface area contributed by atoms with Crippen molar-refractivity contribution in [3.63, 3.8) is 0 Å². The Hall–Kier alpha value is -1.46. The predicted octanol–water partition coefficient (Wildman–Crippen LogP) is 2.44.